The van der Waals surface area contributed by atoms with E-state index in [0.717, 1.165) is 11.8 Å². The van der Waals surface area contributed by atoms with Crippen LogP contribution < -0.4 is 5.32 Å². The minimum atomic E-state index is 0.696. The second-order valence-electron chi connectivity index (χ2n) is 5.74. The molecule has 1 saturated heterocycles. The SMILES string of the molecule is CC1CCC(CN2CCN[C@H](C)C2)CC1. The molecule has 15 heavy (non-hydrogen) atoms. The minimum absolute atomic E-state index is 0.696. The van der Waals surface area contributed by atoms with Crippen molar-refractivity contribution < 1.29 is 0 Å². The largest absolute Gasteiger partial charge is 0.312 e. The Kier molecular flexibility index (Phi) is 4.04. The Balaban J connectivity index is 1.71. The molecule has 1 aliphatic heterocycles. The molecule has 0 spiro atoms. The lowest BCUT2D eigenvalue weighted by atomic mass is 9.82. The van der Waals surface area contributed by atoms with E-state index in [1.54, 1.807) is 0 Å². The van der Waals surface area contributed by atoms with E-state index in [2.05, 4.69) is 24.1 Å². The number of nitrogens with one attached hydrogen (secondary N) is 1. The van der Waals surface area contributed by atoms with Crippen LogP contribution >= 0.6 is 0 Å². The Labute approximate surface area is 94.4 Å². The van der Waals surface area contributed by atoms with Gasteiger partial charge in [0.15, 0.2) is 0 Å². The minimum Gasteiger partial charge on any atom is -0.312 e. The molecule has 0 aromatic rings. The Morgan fingerprint density at radius 2 is 1.87 bits per heavy atom. The third-order valence-electron chi connectivity index (χ3n) is 4.10. The van der Waals surface area contributed by atoms with Gasteiger partial charge in [-0.2, -0.15) is 0 Å². The second kappa shape index (κ2) is 5.31. The van der Waals surface area contributed by atoms with Gasteiger partial charge in [-0.05, 0) is 31.6 Å². The van der Waals surface area contributed by atoms with Crippen molar-refractivity contribution >= 4 is 0 Å². The third-order valence-corrected chi connectivity index (χ3v) is 4.10. The van der Waals surface area contributed by atoms with Gasteiger partial charge in [0, 0.05) is 32.2 Å². The first-order valence-corrected chi connectivity index (χ1v) is 6.70. The van der Waals surface area contributed by atoms with E-state index in [-0.39, 0.29) is 0 Å². The first kappa shape index (κ1) is 11.4. The molecule has 0 aromatic heterocycles. The van der Waals surface area contributed by atoms with Gasteiger partial charge in [-0.25, -0.2) is 0 Å². The smallest absolute Gasteiger partial charge is 0.0167 e. The number of nitrogens with zero attached hydrogens (tertiary/aromatic N) is 1. The van der Waals surface area contributed by atoms with Gasteiger partial charge in [0.25, 0.3) is 0 Å². The van der Waals surface area contributed by atoms with Crippen LogP contribution in [0.1, 0.15) is 39.5 Å². The lowest BCUT2D eigenvalue weighted by Gasteiger charge is -2.36. The average Bonchev–Trinajstić information content (AvgIpc) is 2.22. The normalized spacial score (nSPS) is 39.2. The zero-order valence-corrected chi connectivity index (χ0v) is 10.3. The number of hydrogen-bond acceptors (Lipinski definition) is 2. The van der Waals surface area contributed by atoms with Gasteiger partial charge in [0.1, 0.15) is 0 Å². The molecule has 0 radical (unpaired) electrons. The van der Waals surface area contributed by atoms with E-state index < -0.39 is 0 Å². The molecule has 0 aromatic carbocycles. The fourth-order valence-corrected chi connectivity index (χ4v) is 3.05. The van der Waals surface area contributed by atoms with Crippen LogP contribution in [0.15, 0.2) is 0 Å². The molecule has 2 heteroatoms. The molecule has 2 aliphatic rings. The summed E-state index contributed by atoms with van der Waals surface area (Å²) in [7, 11) is 0. The summed E-state index contributed by atoms with van der Waals surface area (Å²) >= 11 is 0. The van der Waals surface area contributed by atoms with Crippen molar-refractivity contribution in [2.45, 2.75) is 45.6 Å². The molecule has 1 atom stereocenters. The number of rotatable bonds is 2. The maximum absolute atomic E-state index is 3.51. The number of hydrogen-bond donors (Lipinski definition) is 1. The van der Waals surface area contributed by atoms with Crippen LogP contribution in [0.3, 0.4) is 0 Å². The number of piperazine rings is 1. The lowest BCUT2D eigenvalue weighted by molar-refractivity contribution is 0.151. The van der Waals surface area contributed by atoms with E-state index in [4.69, 9.17) is 0 Å². The molecule has 1 aliphatic carbocycles. The summed E-state index contributed by atoms with van der Waals surface area (Å²) in [6, 6.07) is 0.696. The predicted molar refractivity (Wildman–Crippen MR) is 65.0 cm³/mol. The van der Waals surface area contributed by atoms with Gasteiger partial charge in [-0.1, -0.05) is 19.8 Å². The molecule has 1 saturated carbocycles. The molecule has 2 nitrogen and oxygen atoms in total. The molecule has 1 N–H and O–H groups in total. The molecule has 0 amide bonds. The lowest BCUT2D eigenvalue weighted by Crippen LogP contribution is -2.50. The van der Waals surface area contributed by atoms with E-state index in [0.29, 0.717) is 6.04 Å². The summed E-state index contributed by atoms with van der Waals surface area (Å²) in [6.07, 6.45) is 5.87. The molecular weight excluding hydrogens is 184 g/mol. The Hall–Kier alpha value is -0.0800. The van der Waals surface area contributed by atoms with Crippen LogP contribution in [0.5, 0.6) is 0 Å². The quantitative estimate of drug-likeness (QED) is 0.751. The zero-order chi connectivity index (χ0) is 10.7. The molecule has 2 fully saturated rings. The predicted octanol–water partition coefficient (Wildman–Crippen LogP) is 2.11. The maximum atomic E-state index is 3.51. The maximum Gasteiger partial charge on any atom is 0.0167 e. The fourth-order valence-electron chi connectivity index (χ4n) is 3.05. The van der Waals surface area contributed by atoms with E-state index in [9.17, 15) is 0 Å². The monoisotopic (exact) mass is 210 g/mol. The fraction of sp³-hybridized carbons (Fsp3) is 1.00. The summed E-state index contributed by atoms with van der Waals surface area (Å²) in [5.41, 5.74) is 0. The van der Waals surface area contributed by atoms with Gasteiger partial charge in [0.2, 0.25) is 0 Å². The summed E-state index contributed by atoms with van der Waals surface area (Å²) in [5, 5.41) is 3.51. The van der Waals surface area contributed by atoms with Crippen molar-refractivity contribution in [3.05, 3.63) is 0 Å². The van der Waals surface area contributed by atoms with Gasteiger partial charge in [0.05, 0.1) is 0 Å². The highest BCUT2D eigenvalue weighted by Gasteiger charge is 2.22. The average molecular weight is 210 g/mol. The Morgan fingerprint density at radius 3 is 2.53 bits per heavy atom. The topological polar surface area (TPSA) is 15.3 Å². The van der Waals surface area contributed by atoms with Gasteiger partial charge >= 0.3 is 0 Å². The van der Waals surface area contributed by atoms with Crippen molar-refractivity contribution in [2.24, 2.45) is 11.8 Å². The standard InChI is InChI=1S/C13H26N2/c1-11-3-5-13(6-4-11)10-15-8-7-14-12(2)9-15/h11-14H,3-10H2,1-2H3/t11?,12-,13?/m1/s1. The van der Waals surface area contributed by atoms with Crippen LogP contribution in [-0.2, 0) is 0 Å². The first-order chi connectivity index (χ1) is 7.24. The molecule has 1 heterocycles. The van der Waals surface area contributed by atoms with E-state index in [1.807, 2.05) is 0 Å². The molecule has 0 bridgehead atoms. The summed E-state index contributed by atoms with van der Waals surface area (Å²) in [6.45, 7) is 9.77. The Bertz CT molecular complexity index is 185. The highest BCUT2D eigenvalue weighted by Crippen LogP contribution is 2.28. The Morgan fingerprint density at radius 1 is 1.13 bits per heavy atom. The highest BCUT2D eigenvalue weighted by molar-refractivity contribution is 4.79. The van der Waals surface area contributed by atoms with Crippen LogP contribution in [0.2, 0.25) is 0 Å². The van der Waals surface area contributed by atoms with Crippen LogP contribution in [0.25, 0.3) is 0 Å². The first-order valence-electron chi connectivity index (χ1n) is 6.70. The third kappa shape index (κ3) is 3.46. The van der Waals surface area contributed by atoms with Crippen molar-refractivity contribution in [3.63, 3.8) is 0 Å². The molecule has 0 unspecified atom stereocenters. The van der Waals surface area contributed by atoms with Crippen LogP contribution in [-0.4, -0.2) is 37.1 Å². The van der Waals surface area contributed by atoms with Crippen LogP contribution in [0, 0.1) is 11.8 Å². The van der Waals surface area contributed by atoms with Crippen LogP contribution in [0.4, 0.5) is 0 Å². The van der Waals surface area contributed by atoms with Gasteiger partial charge in [-0.3, -0.25) is 0 Å². The molecule has 2 rings (SSSR count). The summed E-state index contributed by atoms with van der Waals surface area (Å²) < 4.78 is 0. The molecule has 88 valence electrons. The van der Waals surface area contributed by atoms with Crippen molar-refractivity contribution in [1.82, 2.24) is 10.2 Å². The van der Waals surface area contributed by atoms with Gasteiger partial charge in [-0.15, -0.1) is 0 Å². The van der Waals surface area contributed by atoms with Crippen molar-refractivity contribution in [2.75, 3.05) is 26.2 Å². The van der Waals surface area contributed by atoms with Crippen molar-refractivity contribution in [3.8, 4) is 0 Å². The second-order valence-corrected chi connectivity index (χ2v) is 5.74. The summed E-state index contributed by atoms with van der Waals surface area (Å²) in [5.74, 6) is 1.98. The zero-order valence-electron chi connectivity index (χ0n) is 10.3. The molecular formula is C13H26N2. The highest BCUT2D eigenvalue weighted by atomic mass is 15.2. The summed E-state index contributed by atoms with van der Waals surface area (Å²) in [4.78, 5) is 2.67. The van der Waals surface area contributed by atoms with Gasteiger partial charge < -0.3 is 10.2 Å². The van der Waals surface area contributed by atoms with E-state index in [1.165, 1.54) is 51.9 Å². The van der Waals surface area contributed by atoms with Crippen molar-refractivity contribution in [1.29, 1.82) is 0 Å². The van der Waals surface area contributed by atoms with E-state index >= 15 is 0 Å².